The zero-order chi connectivity index (χ0) is 17.2. The van der Waals surface area contributed by atoms with E-state index < -0.39 is 21.1 Å². The van der Waals surface area contributed by atoms with Crippen LogP contribution in [0.25, 0.3) is 5.82 Å². The van der Waals surface area contributed by atoms with Gasteiger partial charge < -0.3 is 9.15 Å². The first-order valence-corrected chi connectivity index (χ1v) is 8.15. The largest absolute Gasteiger partial charge is 0.463 e. The second kappa shape index (κ2) is 6.16. The first-order valence-electron chi connectivity index (χ1n) is 6.66. The van der Waals surface area contributed by atoms with E-state index in [-0.39, 0.29) is 11.4 Å². The number of hydrogen-bond acceptors (Lipinski definition) is 7. The predicted molar refractivity (Wildman–Crippen MR) is 82.2 cm³/mol. The van der Waals surface area contributed by atoms with Crippen LogP contribution in [0.2, 0.25) is 0 Å². The van der Waals surface area contributed by atoms with Crippen molar-refractivity contribution in [3.8, 4) is 5.82 Å². The first kappa shape index (κ1) is 15.7. The Labute approximate surface area is 136 Å². The van der Waals surface area contributed by atoms with Crippen LogP contribution >= 0.6 is 0 Å². The summed E-state index contributed by atoms with van der Waals surface area (Å²) in [4.78, 5) is 15.4. The van der Waals surface area contributed by atoms with E-state index in [9.17, 15) is 13.2 Å². The lowest BCUT2D eigenvalue weighted by atomic mass is 10.4. The van der Waals surface area contributed by atoms with Crippen molar-refractivity contribution >= 4 is 21.7 Å². The number of carbonyl (C=O) groups excluding carboxylic acids is 1. The average molecular weight is 348 g/mol. The molecule has 24 heavy (non-hydrogen) atoms. The van der Waals surface area contributed by atoms with Crippen molar-refractivity contribution in [2.75, 3.05) is 11.8 Å². The van der Waals surface area contributed by atoms with Crippen molar-refractivity contribution in [2.45, 2.75) is 5.09 Å². The number of pyridine rings is 1. The molecule has 0 aliphatic heterocycles. The third-order valence-corrected chi connectivity index (χ3v) is 4.23. The summed E-state index contributed by atoms with van der Waals surface area (Å²) in [6.45, 7) is 0. The molecule has 0 amide bonds. The molecular formula is C14H12N4O5S. The highest BCUT2D eigenvalue weighted by Crippen LogP contribution is 2.19. The first-order chi connectivity index (χ1) is 11.5. The summed E-state index contributed by atoms with van der Waals surface area (Å²) < 4.78 is 37.8. The number of anilines is 1. The molecule has 3 heterocycles. The van der Waals surface area contributed by atoms with Crippen molar-refractivity contribution in [3.63, 3.8) is 0 Å². The fourth-order valence-corrected chi connectivity index (χ4v) is 2.84. The normalized spacial score (nSPS) is 11.2. The van der Waals surface area contributed by atoms with Crippen molar-refractivity contribution in [2.24, 2.45) is 0 Å². The highest BCUT2D eigenvalue weighted by atomic mass is 32.2. The Bertz CT molecular complexity index is 945. The highest BCUT2D eigenvalue weighted by Gasteiger charge is 2.21. The number of ether oxygens (including phenoxy) is 1. The molecule has 0 aromatic carbocycles. The molecule has 0 unspecified atom stereocenters. The van der Waals surface area contributed by atoms with Crippen molar-refractivity contribution in [3.05, 3.63) is 54.7 Å². The van der Waals surface area contributed by atoms with Gasteiger partial charge >= 0.3 is 5.97 Å². The number of carbonyl (C=O) groups is 1. The Morgan fingerprint density at radius 1 is 1.29 bits per heavy atom. The smallest absolute Gasteiger partial charge is 0.374 e. The van der Waals surface area contributed by atoms with Crippen molar-refractivity contribution in [1.82, 2.24) is 14.8 Å². The van der Waals surface area contributed by atoms with Crippen LogP contribution in [-0.4, -0.2) is 36.3 Å². The number of furan rings is 1. The van der Waals surface area contributed by atoms with E-state index in [1.165, 1.54) is 36.2 Å². The maximum atomic E-state index is 12.2. The van der Waals surface area contributed by atoms with Gasteiger partial charge in [0.15, 0.2) is 5.82 Å². The van der Waals surface area contributed by atoms with Gasteiger partial charge in [-0.2, -0.15) is 13.5 Å². The van der Waals surface area contributed by atoms with E-state index in [0.717, 1.165) is 0 Å². The summed E-state index contributed by atoms with van der Waals surface area (Å²) in [5.74, 6) is -0.430. The Balaban J connectivity index is 1.79. The molecule has 9 nitrogen and oxygen atoms in total. The number of aromatic nitrogens is 3. The van der Waals surface area contributed by atoms with Crippen LogP contribution in [0.3, 0.4) is 0 Å². The van der Waals surface area contributed by atoms with E-state index >= 15 is 0 Å². The van der Waals surface area contributed by atoms with Crippen molar-refractivity contribution in [1.29, 1.82) is 0 Å². The molecule has 0 aliphatic rings. The van der Waals surface area contributed by atoms with E-state index in [4.69, 9.17) is 4.42 Å². The van der Waals surface area contributed by atoms with Crippen LogP contribution in [0, 0.1) is 0 Å². The highest BCUT2D eigenvalue weighted by molar-refractivity contribution is 7.92. The van der Waals surface area contributed by atoms with Crippen LogP contribution in [0.5, 0.6) is 0 Å². The number of esters is 1. The molecule has 10 heteroatoms. The van der Waals surface area contributed by atoms with Gasteiger partial charge in [-0.15, -0.1) is 0 Å². The summed E-state index contributed by atoms with van der Waals surface area (Å²) in [7, 11) is -2.82. The van der Waals surface area contributed by atoms with E-state index in [1.54, 1.807) is 24.5 Å². The van der Waals surface area contributed by atoms with Gasteiger partial charge in [0.2, 0.25) is 10.9 Å². The zero-order valence-corrected chi connectivity index (χ0v) is 13.2. The summed E-state index contributed by atoms with van der Waals surface area (Å²) in [6, 6.07) is 7.27. The number of nitrogens with zero attached hydrogens (tertiary/aromatic N) is 3. The minimum atomic E-state index is -3.99. The van der Waals surface area contributed by atoms with Gasteiger partial charge in [0, 0.05) is 12.4 Å². The van der Waals surface area contributed by atoms with Crippen LogP contribution in [0.1, 0.15) is 10.6 Å². The number of nitrogens with one attached hydrogen (secondary N) is 1. The topological polar surface area (TPSA) is 116 Å². The quantitative estimate of drug-likeness (QED) is 0.694. The molecular weight excluding hydrogens is 336 g/mol. The minimum Gasteiger partial charge on any atom is -0.463 e. The van der Waals surface area contributed by atoms with E-state index in [2.05, 4.69) is 19.5 Å². The number of hydrogen-bond donors (Lipinski definition) is 1. The Hall–Kier alpha value is -3.14. The number of sulfonamides is 1. The standard InChI is InChI=1S/C14H12N4O5S/c1-22-14(19)11-4-6-13(23-11)24(20,21)17-10-3-5-12(15-9-10)18-8-2-7-16-18/h2-9,17H,1H3. The Morgan fingerprint density at radius 2 is 2.12 bits per heavy atom. The molecule has 3 rings (SSSR count). The number of rotatable bonds is 5. The van der Waals surface area contributed by atoms with Crippen LogP contribution in [-0.2, 0) is 14.8 Å². The third kappa shape index (κ3) is 3.13. The van der Waals surface area contributed by atoms with Crippen LogP contribution in [0.15, 0.2) is 58.4 Å². The number of methoxy groups -OCH3 is 1. The summed E-state index contributed by atoms with van der Waals surface area (Å²) >= 11 is 0. The van der Waals surface area contributed by atoms with Crippen molar-refractivity contribution < 1.29 is 22.4 Å². The van der Waals surface area contributed by atoms with Gasteiger partial charge in [0.05, 0.1) is 19.0 Å². The maximum absolute atomic E-state index is 12.2. The van der Waals surface area contributed by atoms with E-state index in [0.29, 0.717) is 5.82 Å². The van der Waals surface area contributed by atoms with Gasteiger partial charge in [-0.25, -0.2) is 14.5 Å². The Kier molecular flexibility index (Phi) is 4.04. The molecule has 0 fully saturated rings. The zero-order valence-electron chi connectivity index (χ0n) is 12.4. The average Bonchev–Trinajstić information content (AvgIpc) is 3.26. The Morgan fingerprint density at radius 3 is 2.75 bits per heavy atom. The molecule has 0 atom stereocenters. The second-order valence-corrected chi connectivity index (χ2v) is 6.18. The van der Waals surface area contributed by atoms with Gasteiger partial charge in [-0.1, -0.05) is 0 Å². The minimum absolute atomic E-state index is 0.204. The molecule has 0 spiro atoms. The molecule has 0 radical (unpaired) electrons. The van der Waals surface area contributed by atoms with Gasteiger partial charge in [-0.3, -0.25) is 4.72 Å². The molecule has 0 aliphatic carbocycles. The van der Waals surface area contributed by atoms with E-state index in [1.807, 2.05) is 0 Å². The summed E-state index contributed by atoms with van der Waals surface area (Å²) in [5, 5.41) is 3.62. The summed E-state index contributed by atoms with van der Waals surface area (Å²) in [5.41, 5.74) is 0.238. The van der Waals surface area contributed by atoms with Crippen LogP contribution < -0.4 is 4.72 Å². The molecule has 1 N–H and O–H groups in total. The molecule has 124 valence electrons. The molecule has 3 aromatic rings. The fourth-order valence-electron chi connectivity index (χ4n) is 1.87. The molecule has 0 saturated carbocycles. The monoisotopic (exact) mass is 348 g/mol. The lowest BCUT2D eigenvalue weighted by Gasteiger charge is -2.06. The second-order valence-electron chi connectivity index (χ2n) is 4.57. The van der Waals surface area contributed by atoms with Gasteiger partial charge in [0.1, 0.15) is 0 Å². The SMILES string of the molecule is COC(=O)c1ccc(S(=O)(=O)Nc2ccc(-n3cccn3)nc2)o1. The van der Waals surface area contributed by atoms with Gasteiger partial charge in [0.25, 0.3) is 10.0 Å². The molecule has 0 bridgehead atoms. The summed E-state index contributed by atoms with van der Waals surface area (Å²) in [6.07, 6.45) is 4.66. The molecule has 0 saturated heterocycles. The fraction of sp³-hybridized carbons (Fsp3) is 0.0714. The van der Waals surface area contributed by atoms with Crippen LogP contribution in [0.4, 0.5) is 5.69 Å². The third-order valence-electron chi connectivity index (χ3n) is 2.97. The predicted octanol–water partition coefficient (Wildman–Crippen LogP) is 1.45. The lowest BCUT2D eigenvalue weighted by Crippen LogP contribution is -2.12. The molecule has 3 aromatic heterocycles. The lowest BCUT2D eigenvalue weighted by molar-refractivity contribution is 0.0559. The maximum Gasteiger partial charge on any atom is 0.374 e. The van der Waals surface area contributed by atoms with Gasteiger partial charge in [-0.05, 0) is 30.3 Å².